The number of benzene rings is 1. The van der Waals surface area contributed by atoms with Crippen molar-refractivity contribution in [2.45, 2.75) is 11.5 Å². The average Bonchev–Trinajstić information content (AvgIpc) is 2.49. The maximum atomic E-state index is 13.1. The summed E-state index contributed by atoms with van der Waals surface area (Å²) < 4.78 is 84.5. The molecule has 0 saturated carbocycles. The van der Waals surface area contributed by atoms with Gasteiger partial charge in [0.25, 0.3) is 0 Å². The summed E-state index contributed by atoms with van der Waals surface area (Å²) in [6, 6.07) is 1.35. The van der Waals surface area contributed by atoms with Gasteiger partial charge >= 0.3 is 16.2 Å². The smallest absolute Gasteiger partial charge is 0.338 e. The molecule has 0 radical (unpaired) electrons. The second-order valence-corrected chi connectivity index (χ2v) is 7.42. The molecule has 5 nitrogen and oxygen atoms in total. The Hall–Kier alpha value is -1.43. The van der Waals surface area contributed by atoms with Crippen LogP contribution in [0.4, 0.5) is 19.4 Å². The molecule has 0 fully saturated rings. The number of hydrogen-bond acceptors (Lipinski definition) is 5. The number of halogens is 5. The lowest BCUT2D eigenvalue weighted by atomic mass is 10.1. The number of rotatable bonds is 10. The van der Waals surface area contributed by atoms with Gasteiger partial charge in [0, 0.05) is 14.2 Å². The van der Waals surface area contributed by atoms with Gasteiger partial charge in [0.15, 0.2) is 0 Å². The molecule has 1 aromatic carbocycles. The Balaban J connectivity index is 3.13. The van der Waals surface area contributed by atoms with E-state index in [9.17, 15) is 24.2 Å². The van der Waals surface area contributed by atoms with Gasteiger partial charge in [-0.05, 0) is 23.8 Å². The Kier molecular flexibility index (Phi) is 6.43. The molecule has 0 unspecified atom stereocenters. The van der Waals surface area contributed by atoms with Crippen molar-refractivity contribution in [1.82, 2.24) is 0 Å². The van der Waals surface area contributed by atoms with Gasteiger partial charge in [0.1, 0.15) is 11.5 Å². The molecule has 0 amide bonds. The van der Waals surface area contributed by atoms with Gasteiger partial charge in [-0.1, -0.05) is 19.4 Å². The van der Waals surface area contributed by atoms with E-state index < -0.39 is 33.3 Å². The van der Waals surface area contributed by atoms with Gasteiger partial charge in [0.05, 0.1) is 32.0 Å². The lowest BCUT2D eigenvalue weighted by Gasteiger charge is -2.40. The Labute approximate surface area is 141 Å². The first-order chi connectivity index (χ1) is 11.4. The SMILES string of the molecule is COCCOCc1cc(C(=O)OCCOC)cc(S(F)(F)(F)(F)F)c1. The standard InChI is InChI=1S/C14H19F5O5S/c1-21-3-5-23-10-11-7-12(14(20)24-6-4-22-2)9-13(8-11)25(15,16,17,18)19/h7-9H,3-6,10H2,1-2H3. The number of hydrogen-bond donors (Lipinski definition) is 0. The third-order valence-corrected chi connectivity index (χ3v) is 4.00. The maximum absolute atomic E-state index is 13.1. The zero-order valence-electron chi connectivity index (χ0n) is 13.6. The first kappa shape index (κ1) is 21.6. The van der Waals surface area contributed by atoms with Crippen molar-refractivity contribution in [1.29, 1.82) is 0 Å². The van der Waals surface area contributed by atoms with E-state index in [0.717, 1.165) is 6.07 Å². The summed E-state index contributed by atoms with van der Waals surface area (Å²) in [5.41, 5.74) is -0.882. The van der Waals surface area contributed by atoms with Crippen molar-refractivity contribution in [3.8, 4) is 0 Å². The summed E-state index contributed by atoms with van der Waals surface area (Å²) in [6.07, 6.45) is 0. The van der Waals surface area contributed by atoms with Crippen LogP contribution in [-0.2, 0) is 25.6 Å². The van der Waals surface area contributed by atoms with Crippen molar-refractivity contribution in [2.75, 3.05) is 40.6 Å². The first-order valence-electron chi connectivity index (χ1n) is 6.98. The van der Waals surface area contributed by atoms with Crippen LogP contribution in [0, 0.1) is 0 Å². The van der Waals surface area contributed by atoms with Crippen LogP contribution in [0.2, 0.25) is 0 Å². The largest absolute Gasteiger partial charge is 0.460 e. The van der Waals surface area contributed by atoms with E-state index >= 15 is 0 Å². The molecule has 0 heterocycles. The molecular weight excluding hydrogens is 375 g/mol. The molecule has 1 aromatic rings. The third kappa shape index (κ3) is 7.55. The summed E-state index contributed by atoms with van der Waals surface area (Å²) in [6.45, 7) is -0.392. The number of carbonyl (C=O) groups excluding carboxylic acids is 1. The molecule has 0 aromatic heterocycles. The summed E-state index contributed by atoms with van der Waals surface area (Å²) in [5.74, 6) is -1.17. The van der Waals surface area contributed by atoms with E-state index in [2.05, 4.69) is 9.47 Å². The molecule has 0 N–H and O–H groups in total. The quantitative estimate of drug-likeness (QED) is 0.336. The second-order valence-electron chi connectivity index (χ2n) is 5.01. The van der Waals surface area contributed by atoms with E-state index in [1.807, 2.05) is 0 Å². The van der Waals surface area contributed by atoms with E-state index in [4.69, 9.17) is 9.47 Å². The zero-order valence-corrected chi connectivity index (χ0v) is 14.4. The molecule has 0 aliphatic carbocycles. The van der Waals surface area contributed by atoms with Crippen LogP contribution < -0.4 is 0 Å². The fourth-order valence-corrected chi connectivity index (χ4v) is 2.44. The van der Waals surface area contributed by atoms with Gasteiger partial charge in [-0.2, -0.15) is 0 Å². The van der Waals surface area contributed by atoms with Crippen LogP contribution in [0.25, 0.3) is 0 Å². The van der Waals surface area contributed by atoms with Crippen molar-refractivity contribution in [3.63, 3.8) is 0 Å². The average molecular weight is 394 g/mol. The number of ether oxygens (including phenoxy) is 4. The van der Waals surface area contributed by atoms with E-state index in [1.54, 1.807) is 0 Å². The summed E-state index contributed by atoms with van der Waals surface area (Å²) in [5, 5.41) is 0. The summed E-state index contributed by atoms with van der Waals surface area (Å²) in [4.78, 5) is 9.62. The molecule has 1 rings (SSSR count). The third-order valence-electron chi connectivity index (χ3n) is 2.87. The van der Waals surface area contributed by atoms with Crippen LogP contribution in [0.5, 0.6) is 0 Å². The minimum absolute atomic E-state index is 0.0139. The van der Waals surface area contributed by atoms with Gasteiger partial charge in [-0.25, -0.2) is 4.79 Å². The van der Waals surface area contributed by atoms with Crippen LogP contribution in [0.1, 0.15) is 15.9 Å². The summed E-state index contributed by atoms with van der Waals surface area (Å²) in [7, 11) is -7.24. The van der Waals surface area contributed by atoms with Crippen LogP contribution >= 0.6 is 10.2 Å². The second kappa shape index (κ2) is 7.44. The molecule has 0 saturated heterocycles. The number of methoxy groups -OCH3 is 2. The maximum Gasteiger partial charge on any atom is 0.338 e. The van der Waals surface area contributed by atoms with Crippen molar-refractivity contribution in [2.24, 2.45) is 0 Å². The fourth-order valence-electron chi connectivity index (χ4n) is 1.72. The van der Waals surface area contributed by atoms with Gasteiger partial charge in [-0.3, -0.25) is 0 Å². The predicted octanol–water partition coefficient (Wildman–Crippen LogP) is 4.31. The number of esters is 1. The van der Waals surface area contributed by atoms with Gasteiger partial charge in [0.2, 0.25) is 0 Å². The Morgan fingerprint density at radius 2 is 1.52 bits per heavy atom. The minimum Gasteiger partial charge on any atom is -0.460 e. The number of carbonyl (C=O) groups is 1. The van der Waals surface area contributed by atoms with Crippen LogP contribution in [-0.4, -0.2) is 46.6 Å². The Morgan fingerprint density at radius 3 is 2.08 bits per heavy atom. The first-order valence-corrected chi connectivity index (χ1v) is 8.93. The highest BCUT2D eigenvalue weighted by atomic mass is 32.5. The molecular formula is C14H19F5O5S. The van der Waals surface area contributed by atoms with Crippen molar-refractivity contribution >= 4 is 16.2 Å². The van der Waals surface area contributed by atoms with Gasteiger partial charge in [-0.15, -0.1) is 0 Å². The molecule has 0 aliphatic heterocycles. The summed E-state index contributed by atoms with van der Waals surface area (Å²) >= 11 is 0. The normalized spacial score (nSPS) is 14.7. The molecule has 0 aliphatic rings. The lowest BCUT2D eigenvalue weighted by molar-refractivity contribution is 0.0386. The highest BCUT2D eigenvalue weighted by Crippen LogP contribution is 3.02. The molecule has 0 atom stereocenters. The Morgan fingerprint density at radius 1 is 0.920 bits per heavy atom. The van der Waals surface area contributed by atoms with E-state index in [1.165, 1.54) is 14.2 Å². The monoisotopic (exact) mass is 394 g/mol. The van der Waals surface area contributed by atoms with Gasteiger partial charge < -0.3 is 18.9 Å². The molecule has 146 valence electrons. The van der Waals surface area contributed by atoms with Crippen molar-refractivity contribution in [3.05, 3.63) is 29.3 Å². The molecule has 25 heavy (non-hydrogen) atoms. The Bertz CT molecular complexity index is 605. The lowest BCUT2D eigenvalue weighted by Crippen LogP contribution is -2.13. The fraction of sp³-hybridized carbons (Fsp3) is 0.500. The topological polar surface area (TPSA) is 54.0 Å². The minimum atomic E-state index is -9.96. The van der Waals surface area contributed by atoms with Crippen LogP contribution in [0.3, 0.4) is 0 Å². The molecule has 0 spiro atoms. The van der Waals surface area contributed by atoms with Crippen molar-refractivity contribution < 1.29 is 43.2 Å². The highest BCUT2D eigenvalue weighted by molar-refractivity contribution is 8.45. The van der Waals surface area contributed by atoms with E-state index in [0.29, 0.717) is 0 Å². The zero-order chi connectivity index (χ0) is 19.2. The molecule has 0 bridgehead atoms. The van der Waals surface area contributed by atoms with E-state index in [-0.39, 0.29) is 44.1 Å². The van der Waals surface area contributed by atoms with Crippen LogP contribution in [0.15, 0.2) is 23.1 Å². The predicted molar refractivity (Wildman–Crippen MR) is 81.5 cm³/mol. The molecule has 11 heteroatoms. The highest BCUT2D eigenvalue weighted by Gasteiger charge is 2.65.